The number of ether oxygens (including phenoxy) is 3. The number of nitrogens with one attached hydrogen (secondary N) is 1. The lowest BCUT2D eigenvalue weighted by molar-refractivity contribution is -0.115. The Hall–Kier alpha value is -3.28. The third-order valence-corrected chi connectivity index (χ3v) is 3.74. The van der Waals surface area contributed by atoms with E-state index in [1.807, 2.05) is 36.4 Å². The Kier molecular flexibility index (Phi) is 4.70. The molecule has 0 saturated heterocycles. The van der Waals surface area contributed by atoms with Crippen LogP contribution >= 0.6 is 0 Å². The Labute approximate surface area is 145 Å². The lowest BCUT2D eigenvalue weighted by Gasteiger charge is -2.05. The molecular formula is C19H18N2O4. The van der Waals surface area contributed by atoms with Crippen molar-refractivity contribution in [2.24, 2.45) is 4.99 Å². The van der Waals surface area contributed by atoms with Gasteiger partial charge in [0.15, 0.2) is 0 Å². The number of aliphatic imine (C=N–C) groups is 1. The molecule has 2 aromatic carbocycles. The van der Waals surface area contributed by atoms with Crippen molar-refractivity contribution >= 4 is 17.8 Å². The zero-order chi connectivity index (χ0) is 17.8. The average Bonchev–Trinajstić information content (AvgIpc) is 3.01. The van der Waals surface area contributed by atoms with Gasteiger partial charge in [-0.2, -0.15) is 0 Å². The molecule has 1 heterocycles. The van der Waals surface area contributed by atoms with Crippen LogP contribution in [-0.2, 0) is 4.79 Å². The molecule has 6 heteroatoms. The number of carbonyl (C=O) groups is 1. The highest BCUT2D eigenvalue weighted by molar-refractivity contribution is 6.19. The van der Waals surface area contributed by atoms with E-state index >= 15 is 0 Å². The van der Waals surface area contributed by atoms with Crippen LogP contribution in [0.25, 0.3) is 6.08 Å². The normalized spacial score (nSPS) is 14.9. The van der Waals surface area contributed by atoms with Crippen LogP contribution in [0.4, 0.5) is 0 Å². The zero-order valence-corrected chi connectivity index (χ0v) is 14.2. The smallest absolute Gasteiger partial charge is 0.275 e. The lowest BCUT2D eigenvalue weighted by atomic mass is 10.1. The van der Waals surface area contributed by atoms with E-state index in [0.29, 0.717) is 23.0 Å². The minimum atomic E-state index is -0.257. The topological polar surface area (TPSA) is 69.1 Å². The van der Waals surface area contributed by atoms with Gasteiger partial charge in [0.1, 0.15) is 28.8 Å². The number of amidine groups is 1. The van der Waals surface area contributed by atoms with Crippen LogP contribution in [0.15, 0.2) is 53.2 Å². The van der Waals surface area contributed by atoms with Crippen LogP contribution in [0.1, 0.15) is 11.1 Å². The molecule has 0 fully saturated rings. The van der Waals surface area contributed by atoms with Gasteiger partial charge in [-0.05, 0) is 48.0 Å². The van der Waals surface area contributed by atoms with Crippen molar-refractivity contribution in [1.82, 2.24) is 5.32 Å². The summed E-state index contributed by atoms with van der Waals surface area (Å²) in [6.45, 7) is 0. The van der Waals surface area contributed by atoms with Crippen LogP contribution in [0.3, 0.4) is 0 Å². The summed E-state index contributed by atoms with van der Waals surface area (Å²) in [5, 5.41) is 2.77. The van der Waals surface area contributed by atoms with Gasteiger partial charge in [0, 0.05) is 11.6 Å². The SMILES string of the molecule is COc1ccc(C2=N/C(=C/c3cc(OC)cc(OC)c3)C(=O)N2)cc1. The molecule has 6 nitrogen and oxygen atoms in total. The van der Waals surface area contributed by atoms with Gasteiger partial charge in [-0.25, -0.2) is 4.99 Å². The molecule has 1 N–H and O–H groups in total. The maximum absolute atomic E-state index is 12.2. The van der Waals surface area contributed by atoms with Gasteiger partial charge in [0.05, 0.1) is 21.3 Å². The summed E-state index contributed by atoms with van der Waals surface area (Å²) in [5.74, 6) is 2.28. The van der Waals surface area contributed by atoms with Crippen molar-refractivity contribution in [3.8, 4) is 17.2 Å². The second-order valence-electron chi connectivity index (χ2n) is 5.32. The summed E-state index contributed by atoms with van der Waals surface area (Å²) in [7, 11) is 4.76. The molecule has 2 aromatic rings. The van der Waals surface area contributed by atoms with Gasteiger partial charge in [0.2, 0.25) is 0 Å². The van der Waals surface area contributed by atoms with Crippen LogP contribution in [-0.4, -0.2) is 33.1 Å². The van der Waals surface area contributed by atoms with Crippen molar-refractivity contribution in [1.29, 1.82) is 0 Å². The second-order valence-corrected chi connectivity index (χ2v) is 5.32. The number of rotatable bonds is 5. The summed E-state index contributed by atoms with van der Waals surface area (Å²) in [4.78, 5) is 16.6. The van der Waals surface area contributed by atoms with Crippen molar-refractivity contribution < 1.29 is 19.0 Å². The maximum Gasteiger partial charge on any atom is 0.275 e. The molecule has 3 rings (SSSR count). The number of carbonyl (C=O) groups excluding carboxylic acids is 1. The predicted octanol–water partition coefficient (Wildman–Crippen LogP) is 2.63. The first kappa shape index (κ1) is 16.6. The highest BCUT2D eigenvalue weighted by Crippen LogP contribution is 2.25. The van der Waals surface area contributed by atoms with Gasteiger partial charge in [0.25, 0.3) is 5.91 Å². The highest BCUT2D eigenvalue weighted by atomic mass is 16.5. The van der Waals surface area contributed by atoms with E-state index in [-0.39, 0.29) is 5.91 Å². The Morgan fingerprint density at radius 2 is 1.48 bits per heavy atom. The van der Waals surface area contributed by atoms with E-state index in [4.69, 9.17) is 14.2 Å². The van der Waals surface area contributed by atoms with Crippen molar-refractivity contribution in [2.75, 3.05) is 21.3 Å². The lowest BCUT2D eigenvalue weighted by Crippen LogP contribution is -2.24. The fourth-order valence-corrected chi connectivity index (χ4v) is 2.42. The van der Waals surface area contributed by atoms with Gasteiger partial charge in [-0.1, -0.05) is 0 Å². The number of benzene rings is 2. The molecule has 0 bridgehead atoms. The summed E-state index contributed by atoms with van der Waals surface area (Å²) in [6, 6.07) is 12.7. The zero-order valence-electron chi connectivity index (χ0n) is 14.2. The third-order valence-electron chi connectivity index (χ3n) is 3.74. The number of amides is 1. The van der Waals surface area contributed by atoms with Gasteiger partial charge in [-0.15, -0.1) is 0 Å². The van der Waals surface area contributed by atoms with E-state index in [1.165, 1.54) is 0 Å². The van der Waals surface area contributed by atoms with E-state index in [1.54, 1.807) is 33.5 Å². The number of nitrogens with zero attached hydrogens (tertiary/aromatic N) is 1. The standard InChI is InChI=1S/C19H18N2O4/c1-23-14-6-4-13(5-7-14)18-20-17(19(22)21-18)10-12-8-15(24-2)11-16(9-12)25-3/h4-11H,1-3H3,(H,20,21,22)/b17-10+. The van der Waals surface area contributed by atoms with E-state index in [0.717, 1.165) is 16.9 Å². The fraction of sp³-hybridized carbons (Fsp3) is 0.158. The minimum Gasteiger partial charge on any atom is -0.497 e. The van der Waals surface area contributed by atoms with Gasteiger partial charge < -0.3 is 19.5 Å². The van der Waals surface area contributed by atoms with Crippen LogP contribution in [0.2, 0.25) is 0 Å². The summed E-state index contributed by atoms with van der Waals surface area (Å²) < 4.78 is 15.6. The van der Waals surface area contributed by atoms with Gasteiger partial charge >= 0.3 is 0 Å². The first-order valence-electron chi connectivity index (χ1n) is 7.62. The number of hydrogen-bond donors (Lipinski definition) is 1. The number of hydrogen-bond acceptors (Lipinski definition) is 5. The first-order valence-corrected chi connectivity index (χ1v) is 7.62. The van der Waals surface area contributed by atoms with Crippen LogP contribution in [0.5, 0.6) is 17.2 Å². The Morgan fingerprint density at radius 1 is 0.880 bits per heavy atom. The molecule has 128 valence electrons. The van der Waals surface area contributed by atoms with Gasteiger partial charge in [-0.3, -0.25) is 4.79 Å². The van der Waals surface area contributed by atoms with Crippen molar-refractivity contribution in [2.45, 2.75) is 0 Å². The Bertz CT molecular complexity index is 832. The summed E-state index contributed by atoms with van der Waals surface area (Å²) in [6.07, 6.45) is 1.69. The van der Waals surface area contributed by atoms with E-state index in [9.17, 15) is 4.79 Å². The molecule has 0 aliphatic carbocycles. The molecule has 1 amide bonds. The maximum atomic E-state index is 12.2. The van der Waals surface area contributed by atoms with Crippen LogP contribution in [0, 0.1) is 0 Å². The molecule has 1 aliphatic rings. The molecule has 0 aromatic heterocycles. The Morgan fingerprint density at radius 3 is 2.04 bits per heavy atom. The quantitative estimate of drug-likeness (QED) is 0.851. The first-order chi connectivity index (χ1) is 12.1. The molecule has 0 radical (unpaired) electrons. The molecular weight excluding hydrogens is 320 g/mol. The molecule has 0 atom stereocenters. The van der Waals surface area contributed by atoms with E-state index in [2.05, 4.69) is 10.3 Å². The number of methoxy groups -OCH3 is 3. The third kappa shape index (κ3) is 3.63. The average molecular weight is 338 g/mol. The second kappa shape index (κ2) is 7.09. The summed E-state index contributed by atoms with van der Waals surface area (Å²) >= 11 is 0. The molecule has 1 aliphatic heterocycles. The van der Waals surface area contributed by atoms with Crippen LogP contribution < -0.4 is 19.5 Å². The molecule has 0 saturated carbocycles. The summed E-state index contributed by atoms with van der Waals surface area (Å²) in [5.41, 5.74) is 1.89. The van der Waals surface area contributed by atoms with Crippen molar-refractivity contribution in [3.05, 3.63) is 59.3 Å². The largest absolute Gasteiger partial charge is 0.497 e. The molecule has 25 heavy (non-hydrogen) atoms. The van der Waals surface area contributed by atoms with Crippen molar-refractivity contribution in [3.63, 3.8) is 0 Å². The Balaban J connectivity index is 1.92. The fourth-order valence-electron chi connectivity index (χ4n) is 2.42. The van der Waals surface area contributed by atoms with E-state index < -0.39 is 0 Å². The highest BCUT2D eigenvalue weighted by Gasteiger charge is 2.21. The minimum absolute atomic E-state index is 0.257. The monoisotopic (exact) mass is 338 g/mol. The predicted molar refractivity (Wildman–Crippen MR) is 95.2 cm³/mol. The molecule has 0 spiro atoms. The molecule has 0 unspecified atom stereocenters.